The summed E-state index contributed by atoms with van der Waals surface area (Å²) in [5, 5.41) is -0.0963. The lowest BCUT2D eigenvalue weighted by atomic mass is 10.0. The van der Waals surface area contributed by atoms with Crippen molar-refractivity contribution in [2.75, 3.05) is 5.73 Å². The third-order valence-electron chi connectivity index (χ3n) is 2.50. The molecule has 1 atom stereocenters. The number of carbonyl (C=O) groups excluding carboxylic acids is 2. The minimum Gasteiger partial charge on any atom is -0.452 e. The van der Waals surface area contributed by atoms with E-state index in [2.05, 4.69) is 0 Å². The number of Topliss-reactive ketones (excluding diaryl/α,β-unsaturated/α-hetero) is 1. The number of rotatable bonds is 3. The number of carbonyl (C=O) groups is 2. The lowest BCUT2D eigenvalue weighted by Gasteiger charge is -2.09. The number of ketones is 1. The zero-order valence-corrected chi connectivity index (χ0v) is 10.7. The van der Waals surface area contributed by atoms with Crippen molar-refractivity contribution in [2.24, 2.45) is 0 Å². The minimum atomic E-state index is -0.805. The van der Waals surface area contributed by atoms with Crippen LogP contribution in [0.1, 0.15) is 16.8 Å². The van der Waals surface area contributed by atoms with E-state index in [0.29, 0.717) is 11.3 Å². The summed E-state index contributed by atoms with van der Waals surface area (Å²) in [5.41, 5.74) is 6.51. The first kappa shape index (κ1) is 12.9. The van der Waals surface area contributed by atoms with Gasteiger partial charge in [-0.1, -0.05) is 35.3 Å². The second kappa shape index (κ2) is 5.00. The Hall–Kier alpha value is -1.52. The molecule has 18 heavy (non-hydrogen) atoms. The summed E-state index contributed by atoms with van der Waals surface area (Å²) in [4.78, 5) is 23.1. The van der Waals surface area contributed by atoms with E-state index in [1.165, 1.54) is 0 Å². The van der Waals surface area contributed by atoms with Crippen LogP contribution in [0.3, 0.4) is 0 Å². The maximum absolute atomic E-state index is 11.9. The standard InChI is InChI=1S/C12H9Cl2NO3/c13-10-9(18-12(17)11(10)14)5-8(16)6-2-1-3-7(15)4-6/h1-4,9H,5,15H2/t9-/m0/s1. The third-order valence-corrected chi connectivity index (χ3v) is 3.39. The molecule has 0 bridgehead atoms. The molecule has 0 spiro atoms. The van der Waals surface area contributed by atoms with Crippen LogP contribution in [0.4, 0.5) is 5.69 Å². The van der Waals surface area contributed by atoms with E-state index >= 15 is 0 Å². The summed E-state index contributed by atoms with van der Waals surface area (Å²) >= 11 is 11.4. The SMILES string of the molecule is Nc1cccc(C(=O)C[C@@H]2OC(=O)C(Cl)=C2Cl)c1. The number of cyclic esters (lactones) is 1. The van der Waals surface area contributed by atoms with Gasteiger partial charge in [-0.25, -0.2) is 4.79 Å². The first-order valence-electron chi connectivity index (χ1n) is 5.14. The van der Waals surface area contributed by atoms with Crippen LogP contribution >= 0.6 is 23.2 Å². The molecule has 4 nitrogen and oxygen atoms in total. The Kier molecular flexibility index (Phi) is 3.59. The molecule has 0 aromatic heterocycles. The highest BCUT2D eigenvalue weighted by molar-refractivity contribution is 6.48. The molecule has 2 N–H and O–H groups in total. The number of hydrogen-bond donors (Lipinski definition) is 1. The molecular formula is C12H9Cl2NO3. The van der Waals surface area contributed by atoms with Crippen molar-refractivity contribution >= 4 is 40.6 Å². The van der Waals surface area contributed by atoms with Crippen molar-refractivity contribution in [3.63, 3.8) is 0 Å². The molecule has 0 aliphatic carbocycles. The minimum absolute atomic E-state index is 0.0513. The first-order chi connectivity index (χ1) is 8.49. The van der Waals surface area contributed by atoms with Crippen LogP contribution in [0.2, 0.25) is 0 Å². The fourth-order valence-corrected chi connectivity index (χ4v) is 1.97. The summed E-state index contributed by atoms with van der Waals surface area (Å²) in [5.74, 6) is -0.920. The Bertz CT molecular complexity index is 554. The van der Waals surface area contributed by atoms with Gasteiger partial charge < -0.3 is 10.5 Å². The summed E-state index contributed by atoms with van der Waals surface area (Å²) in [6.45, 7) is 0. The molecule has 1 heterocycles. The van der Waals surface area contributed by atoms with Crippen LogP contribution in [0.25, 0.3) is 0 Å². The van der Waals surface area contributed by atoms with E-state index in [1.54, 1.807) is 24.3 Å². The topological polar surface area (TPSA) is 69.4 Å². The molecule has 1 aromatic rings. The summed E-state index contributed by atoms with van der Waals surface area (Å²) in [6.07, 6.45) is -0.856. The highest BCUT2D eigenvalue weighted by atomic mass is 35.5. The van der Waals surface area contributed by atoms with Gasteiger partial charge in [0.1, 0.15) is 11.1 Å². The number of ether oxygens (including phenoxy) is 1. The molecule has 0 amide bonds. The van der Waals surface area contributed by atoms with Crippen molar-refractivity contribution in [1.82, 2.24) is 0 Å². The van der Waals surface area contributed by atoms with E-state index in [0.717, 1.165) is 0 Å². The van der Waals surface area contributed by atoms with E-state index in [4.69, 9.17) is 33.7 Å². The summed E-state index contributed by atoms with van der Waals surface area (Å²) < 4.78 is 4.88. The van der Waals surface area contributed by atoms with E-state index in [-0.39, 0.29) is 22.3 Å². The van der Waals surface area contributed by atoms with Gasteiger partial charge in [-0.05, 0) is 12.1 Å². The van der Waals surface area contributed by atoms with Crippen molar-refractivity contribution in [1.29, 1.82) is 0 Å². The first-order valence-corrected chi connectivity index (χ1v) is 5.89. The van der Waals surface area contributed by atoms with Gasteiger partial charge in [0.15, 0.2) is 5.78 Å². The highest BCUT2D eigenvalue weighted by Gasteiger charge is 2.33. The number of esters is 1. The molecular weight excluding hydrogens is 277 g/mol. The lowest BCUT2D eigenvalue weighted by Crippen LogP contribution is -2.15. The normalized spacial score (nSPS) is 19.0. The number of nitrogen functional groups attached to an aromatic ring is 1. The van der Waals surface area contributed by atoms with Gasteiger partial charge in [-0.3, -0.25) is 4.79 Å². The smallest absolute Gasteiger partial charge is 0.351 e. The van der Waals surface area contributed by atoms with Crippen molar-refractivity contribution in [3.8, 4) is 0 Å². The molecule has 6 heteroatoms. The van der Waals surface area contributed by atoms with Gasteiger partial charge in [0.25, 0.3) is 0 Å². The van der Waals surface area contributed by atoms with Gasteiger partial charge in [0.05, 0.1) is 11.5 Å². The Morgan fingerprint density at radius 3 is 2.67 bits per heavy atom. The molecule has 0 saturated carbocycles. The van der Waals surface area contributed by atoms with Crippen LogP contribution in [0.5, 0.6) is 0 Å². The van der Waals surface area contributed by atoms with E-state index in [9.17, 15) is 9.59 Å². The average molecular weight is 286 g/mol. The molecule has 1 aromatic carbocycles. The summed E-state index contributed by atoms with van der Waals surface area (Å²) in [7, 11) is 0. The largest absolute Gasteiger partial charge is 0.452 e. The van der Waals surface area contributed by atoms with Crippen molar-refractivity contribution < 1.29 is 14.3 Å². The van der Waals surface area contributed by atoms with E-state index < -0.39 is 12.1 Å². The third kappa shape index (κ3) is 2.49. The zero-order valence-electron chi connectivity index (χ0n) is 9.15. The number of nitrogens with two attached hydrogens (primary N) is 1. The predicted octanol–water partition coefficient (Wildman–Crippen LogP) is 2.46. The van der Waals surface area contributed by atoms with Gasteiger partial charge in [-0.2, -0.15) is 0 Å². The zero-order chi connectivity index (χ0) is 13.3. The van der Waals surface area contributed by atoms with Crippen LogP contribution in [-0.4, -0.2) is 17.9 Å². The Morgan fingerprint density at radius 2 is 2.11 bits per heavy atom. The monoisotopic (exact) mass is 285 g/mol. The molecule has 0 radical (unpaired) electrons. The second-order valence-electron chi connectivity index (χ2n) is 3.81. The van der Waals surface area contributed by atoms with Crippen LogP contribution in [0.15, 0.2) is 34.3 Å². The van der Waals surface area contributed by atoms with Gasteiger partial charge in [0.2, 0.25) is 0 Å². The van der Waals surface area contributed by atoms with Gasteiger partial charge in [-0.15, -0.1) is 0 Å². The van der Waals surface area contributed by atoms with Crippen LogP contribution in [0, 0.1) is 0 Å². The fraction of sp³-hybridized carbons (Fsp3) is 0.167. The average Bonchev–Trinajstić information content (AvgIpc) is 2.57. The molecule has 1 aliphatic rings. The molecule has 0 unspecified atom stereocenters. The van der Waals surface area contributed by atoms with Crippen molar-refractivity contribution in [3.05, 3.63) is 39.9 Å². The number of halogens is 2. The molecule has 94 valence electrons. The molecule has 2 rings (SSSR count). The Morgan fingerprint density at radius 1 is 1.39 bits per heavy atom. The summed E-state index contributed by atoms with van der Waals surface area (Å²) in [6, 6.07) is 6.54. The van der Waals surface area contributed by atoms with Crippen LogP contribution in [-0.2, 0) is 9.53 Å². The Labute approximate surface area is 113 Å². The maximum Gasteiger partial charge on any atom is 0.351 e. The fourth-order valence-electron chi connectivity index (χ4n) is 1.60. The van der Waals surface area contributed by atoms with Crippen molar-refractivity contribution in [2.45, 2.75) is 12.5 Å². The molecule has 1 aliphatic heterocycles. The lowest BCUT2D eigenvalue weighted by molar-refractivity contribution is -0.138. The molecule has 0 saturated heterocycles. The quantitative estimate of drug-likeness (QED) is 0.526. The van der Waals surface area contributed by atoms with Gasteiger partial charge in [0, 0.05) is 11.3 Å². The second-order valence-corrected chi connectivity index (χ2v) is 4.59. The Balaban J connectivity index is 2.12. The number of anilines is 1. The number of hydrogen-bond acceptors (Lipinski definition) is 4. The predicted molar refractivity (Wildman–Crippen MR) is 68.4 cm³/mol. The molecule has 0 fully saturated rings. The maximum atomic E-state index is 11.9. The van der Waals surface area contributed by atoms with Gasteiger partial charge >= 0.3 is 5.97 Å². The van der Waals surface area contributed by atoms with Crippen LogP contribution < -0.4 is 5.73 Å². The number of benzene rings is 1. The van der Waals surface area contributed by atoms with E-state index in [1.807, 2.05) is 0 Å². The highest BCUT2D eigenvalue weighted by Crippen LogP contribution is 2.31.